The van der Waals surface area contributed by atoms with Crippen LogP contribution in [0.5, 0.6) is 11.5 Å². The summed E-state index contributed by atoms with van der Waals surface area (Å²) in [5.74, 6) is 2.39. The zero-order valence-electron chi connectivity index (χ0n) is 12.2. The van der Waals surface area contributed by atoms with Crippen molar-refractivity contribution in [3.63, 3.8) is 0 Å². The van der Waals surface area contributed by atoms with Crippen LogP contribution in [0.15, 0.2) is 18.2 Å². The molecule has 2 fully saturated rings. The summed E-state index contributed by atoms with van der Waals surface area (Å²) in [6, 6.07) is 6.48. The van der Waals surface area contributed by atoms with Crippen molar-refractivity contribution in [1.82, 2.24) is 5.32 Å². The van der Waals surface area contributed by atoms with E-state index in [0.717, 1.165) is 42.6 Å². The van der Waals surface area contributed by atoms with Crippen LogP contribution in [0.3, 0.4) is 0 Å². The summed E-state index contributed by atoms with van der Waals surface area (Å²) in [6.45, 7) is 1.67. The van der Waals surface area contributed by atoms with Crippen LogP contribution in [0.4, 0.5) is 0 Å². The smallest absolute Gasteiger partial charge is 0.165 e. The summed E-state index contributed by atoms with van der Waals surface area (Å²) in [6.07, 6.45) is 4.16. The number of nitrogens with one attached hydrogen (secondary N) is 1. The number of rotatable bonds is 6. The van der Waals surface area contributed by atoms with E-state index in [1.54, 1.807) is 14.2 Å². The molecule has 2 atom stereocenters. The van der Waals surface area contributed by atoms with Gasteiger partial charge in [-0.25, -0.2) is 0 Å². The van der Waals surface area contributed by atoms with E-state index in [2.05, 4.69) is 11.4 Å². The lowest BCUT2D eigenvalue weighted by molar-refractivity contribution is 0.0808. The van der Waals surface area contributed by atoms with Crippen LogP contribution in [0.1, 0.15) is 24.8 Å². The third-order valence-corrected chi connectivity index (χ3v) is 4.26. The number of hydrogen-bond donors (Lipinski definition) is 1. The molecule has 1 saturated heterocycles. The summed E-state index contributed by atoms with van der Waals surface area (Å²) in [7, 11) is 3.36. The topological polar surface area (TPSA) is 39.7 Å². The summed E-state index contributed by atoms with van der Waals surface area (Å²) in [5.41, 5.74) is 1.13. The Balaban J connectivity index is 1.65. The van der Waals surface area contributed by atoms with Crippen LogP contribution in [-0.2, 0) is 11.3 Å². The summed E-state index contributed by atoms with van der Waals surface area (Å²) >= 11 is 0. The lowest BCUT2D eigenvalue weighted by Crippen LogP contribution is -2.37. The van der Waals surface area contributed by atoms with Gasteiger partial charge >= 0.3 is 0 Å². The molecule has 0 bridgehead atoms. The highest BCUT2D eigenvalue weighted by molar-refractivity contribution is 5.46. The van der Waals surface area contributed by atoms with E-state index in [1.165, 1.54) is 12.8 Å². The highest BCUT2D eigenvalue weighted by Gasteiger charge is 2.40. The van der Waals surface area contributed by atoms with Gasteiger partial charge in [0.2, 0.25) is 0 Å². The third kappa shape index (κ3) is 2.76. The lowest BCUT2D eigenvalue weighted by atomic mass is 10.1. The van der Waals surface area contributed by atoms with Crippen LogP contribution in [0.25, 0.3) is 0 Å². The molecule has 1 saturated carbocycles. The van der Waals surface area contributed by atoms with Crippen molar-refractivity contribution in [1.29, 1.82) is 0 Å². The maximum atomic E-state index is 5.86. The molecule has 1 aromatic rings. The molecule has 4 nitrogen and oxygen atoms in total. The van der Waals surface area contributed by atoms with Crippen molar-refractivity contribution in [3.8, 4) is 11.5 Å². The number of ether oxygens (including phenoxy) is 3. The first-order chi connectivity index (χ1) is 9.83. The molecule has 0 radical (unpaired) electrons. The predicted octanol–water partition coefficient (Wildman–Crippen LogP) is 2.36. The fourth-order valence-corrected chi connectivity index (χ4v) is 3.05. The molecule has 2 aliphatic rings. The van der Waals surface area contributed by atoms with Crippen LogP contribution in [0, 0.1) is 5.92 Å². The molecule has 2 unspecified atom stereocenters. The minimum absolute atomic E-state index is 0.409. The molecule has 1 aliphatic heterocycles. The first kappa shape index (κ1) is 13.7. The van der Waals surface area contributed by atoms with Gasteiger partial charge in [0, 0.05) is 24.8 Å². The summed E-state index contributed by atoms with van der Waals surface area (Å²) in [5, 5.41) is 3.63. The SMILES string of the molecule is COc1cccc(CNC2CCOC2C2CC2)c1OC. The minimum atomic E-state index is 0.409. The van der Waals surface area contributed by atoms with Crippen LogP contribution in [0.2, 0.25) is 0 Å². The van der Waals surface area contributed by atoms with Crippen molar-refractivity contribution in [2.75, 3.05) is 20.8 Å². The Hall–Kier alpha value is -1.26. The van der Waals surface area contributed by atoms with Gasteiger partial charge in [-0.15, -0.1) is 0 Å². The van der Waals surface area contributed by atoms with E-state index >= 15 is 0 Å². The number of benzene rings is 1. The monoisotopic (exact) mass is 277 g/mol. The summed E-state index contributed by atoms with van der Waals surface area (Å²) < 4.78 is 16.7. The molecule has 4 heteroatoms. The van der Waals surface area contributed by atoms with Crippen molar-refractivity contribution in [2.45, 2.75) is 38.0 Å². The maximum absolute atomic E-state index is 5.86. The molecule has 20 heavy (non-hydrogen) atoms. The molecule has 1 N–H and O–H groups in total. The molecule has 0 spiro atoms. The lowest BCUT2D eigenvalue weighted by Gasteiger charge is -2.20. The molecular formula is C16H23NO3. The number of methoxy groups -OCH3 is 2. The molecule has 3 rings (SSSR count). The van der Waals surface area contributed by atoms with E-state index < -0.39 is 0 Å². The second-order valence-corrected chi connectivity index (χ2v) is 5.60. The van der Waals surface area contributed by atoms with Gasteiger partial charge in [0.15, 0.2) is 11.5 Å². The van der Waals surface area contributed by atoms with Gasteiger partial charge in [0.25, 0.3) is 0 Å². The molecule has 0 amide bonds. The predicted molar refractivity (Wildman–Crippen MR) is 77.3 cm³/mol. The van der Waals surface area contributed by atoms with Gasteiger partial charge in [-0.3, -0.25) is 0 Å². The van der Waals surface area contributed by atoms with E-state index in [1.807, 2.05) is 12.1 Å². The van der Waals surface area contributed by atoms with Gasteiger partial charge in [-0.2, -0.15) is 0 Å². The molecule has 0 aromatic heterocycles. The van der Waals surface area contributed by atoms with Gasteiger partial charge in [-0.1, -0.05) is 12.1 Å². The van der Waals surface area contributed by atoms with Crippen LogP contribution in [-0.4, -0.2) is 33.0 Å². The molecule has 1 aliphatic carbocycles. The second kappa shape index (κ2) is 6.02. The van der Waals surface area contributed by atoms with Crippen LogP contribution < -0.4 is 14.8 Å². The quantitative estimate of drug-likeness (QED) is 0.866. The number of para-hydroxylation sites is 1. The highest BCUT2D eigenvalue weighted by Crippen LogP contribution is 2.39. The van der Waals surface area contributed by atoms with E-state index in [-0.39, 0.29) is 0 Å². The van der Waals surface area contributed by atoms with Crippen LogP contribution >= 0.6 is 0 Å². The first-order valence-electron chi connectivity index (χ1n) is 7.38. The van der Waals surface area contributed by atoms with Gasteiger partial charge in [0.1, 0.15) is 0 Å². The zero-order valence-corrected chi connectivity index (χ0v) is 12.2. The Kier molecular flexibility index (Phi) is 4.13. The maximum Gasteiger partial charge on any atom is 0.165 e. The third-order valence-electron chi connectivity index (χ3n) is 4.26. The Morgan fingerprint density at radius 2 is 2.05 bits per heavy atom. The van der Waals surface area contributed by atoms with E-state index in [0.29, 0.717) is 12.1 Å². The van der Waals surface area contributed by atoms with Crippen molar-refractivity contribution >= 4 is 0 Å². The van der Waals surface area contributed by atoms with Crippen molar-refractivity contribution in [2.24, 2.45) is 5.92 Å². The molecular weight excluding hydrogens is 254 g/mol. The van der Waals surface area contributed by atoms with Crippen molar-refractivity contribution < 1.29 is 14.2 Å². The number of hydrogen-bond acceptors (Lipinski definition) is 4. The van der Waals surface area contributed by atoms with E-state index in [9.17, 15) is 0 Å². The molecule has 1 aromatic carbocycles. The Labute approximate surface area is 120 Å². The first-order valence-corrected chi connectivity index (χ1v) is 7.38. The minimum Gasteiger partial charge on any atom is -0.493 e. The average molecular weight is 277 g/mol. The van der Waals surface area contributed by atoms with E-state index in [4.69, 9.17) is 14.2 Å². The van der Waals surface area contributed by atoms with Crippen molar-refractivity contribution in [3.05, 3.63) is 23.8 Å². The Bertz CT molecular complexity index is 459. The highest BCUT2D eigenvalue weighted by atomic mass is 16.5. The Morgan fingerprint density at radius 1 is 1.20 bits per heavy atom. The molecule has 1 heterocycles. The summed E-state index contributed by atoms with van der Waals surface area (Å²) in [4.78, 5) is 0. The largest absolute Gasteiger partial charge is 0.493 e. The molecule has 110 valence electrons. The second-order valence-electron chi connectivity index (χ2n) is 5.60. The fourth-order valence-electron chi connectivity index (χ4n) is 3.05. The Morgan fingerprint density at radius 3 is 2.75 bits per heavy atom. The standard InChI is InChI=1S/C16H23NO3/c1-18-14-5-3-4-12(16(14)19-2)10-17-13-8-9-20-15(13)11-6-7-11/h3-5,11,13,15,17H,6-10H2,1-2H3. The zero-order chi connectivity index (χ0) is 13.9. The van der Waals surface area contributed by atoms with Gasteiger partial charge in [0.05, 0.1) is 20.3 Å². The average Bonchev–Trinajstić information content (AvgIpc) is 3.23. The fraction of sp³-hybridized carbons (Fsp3) is 0.625. The van der Waals surface area contributed by atoms with Gasteiger partial charge in [-0.05, 0) is 31.2 Å². The normalized spacial score (nSPS) is 25.7. The van der Waals surface area contributed by atoms with Gasteiger partial charge < -0.3 is 19.5 Å².